The van der Waals surface area contributed by atoms with Crippen LogP contribution in [0.25, 0.3) is 0 Å². The van der Waals surface area contributed by atoms with Gasteiger partial charge in [0.25, 0.3) is 0 Å². The number of hydrogen-bond acceptors (Lipinski definition) is 3. The summed E-state index contributed by atoms with van der Waals surface area (Å²) in [5.74, 6) is 0. The third kappa shape index (κ3) is 2.88. The van der Waals surface area contributed by atoms with Crippen LogP contribution in [-0.2, 0) is 6.42 Å². The van der Waals surface area contributed by atoms with Crippen LogP contribution in [0.3, 0.4) is 0 Å². The first-order valence-corrected chi connectivity index (χ1v) is 5.98. The Morgan fingerprint density at radius 3 is 2.93 bits per heavy atom. The van der Waals surface area contributed by atoms with E-state index in [1.165, 1.54) is 5.56 Å². The molecule has 2 aromatic heterocycles. The highest BCUT2D eigenvalue weighted by molar-refractivity contribution is 7.07. The number of thiophene rings is 1. The van der Waals surface area contributed by atoms with Crippen molar-refractivity contribution in [1.82, 2.24) is 4.98 Å². The van der Waals surface area contributed by atoms with Crippen molar-refractivity contribution in [2.45, 2.75) is 18.9 Å². The zero-order chi connectivity index (χ0) is 10.5. The molecule has 0 aromatic carbocycles. The lowest BCUT2D eigenvalue weighted by Gasteiger charge is -2.09. The van der Waals surface area contributed by atoms with Gasteiger partial charge in [-0.3, -0.25) is 4.98 Å². The summed E-state index contributed by atoms with van der Waals surface area (Å²) in [5.41, 5.74) is 8.40. The van der Waals surface area contributed by atoms with E-state index in [1.807, 2.05) is 18.2 Å². The number of aromatic nitrogens is 1. The number of rotatable bonds is 4. The SMILES string of the molecule is NC(CCc1ccsc1)c1ccccn1. The summed E-state index contributed by atoms with van der Waals surface area (Å²) in [6.45, 7) is 0. The number of hydrogen-bond donors (Lipinski definition) is 1. The van der Waals surface area contributed by atoms with Crippen LogP contribution in [-0.4, -0.2) is 4.98 Å². The van der Waals surface area contributed by atoms with Crippen molar-refractivity contribution >= 4 is 11.3 Å². The second-order valence-corrected chi connectivity index (χ2v) is 4.31. The lowest BCUT2D eigenvalue weighted by molar-refractivity contribution is 0.634. The van der Waals surface area contributed by atoms with Crippen LogP contribution >= 0.6 is 11.3 Å². The molecule has 2 rings (SSSR count). The Kier molecular flexibility index (Phi) is 3.48. The molecule has 0 aliphatic rings. The van der Waals surface area contributed by atoms with Gasteiger partial charge in [-0.1, -0.05) is 6.07 Å². The standard InChI is InChI=1S/C12H14N2S/c13-11(12-3-1-2-7-14-12)5-4-10-6-8-15-9-10/h1-3,6-9,11H,4-5,13H2. The van der Waals surface area contributed by atoms with Crippen LogP contribution in [0.15, 0.2) is 41.2 Å². The molecular weight excluding hydrogens is 204 g/mol. The Labute approximate surface area is 93.8 Å². The van der Waals surface area contributed by atoms with Gasteiger partial charge in [0, 0.05) is 12.2 Å². The maximum atomic E-state index is 6.05. The van der Waals surface area contributed by atoms with Crippen molar-refractivity contribution in [2.24, 2.45) is 5.73 Å². The summed E-state index contributed by atoms with van der Waals surface area (Å²) in [7, 11) is 0. The van der Waals surface area contributed by atoms with Gasteiger partial charge < -0.3 is 5.73 Å². The highest BCUT2D eigenvalue weighted by atomic mass is 32.1. The van der Waals surface area contributed by atoms with Crippen molar-refractivity contribution in [2.75, 3.05) is 0 Å². The van der Waals surface area contributed by atoms with Gasteiger partial charge in [-0.25, -0.2) is 0 Å². The van der Waals surface area contributed by atoms with Crippen molar-refractivity contribution in [3.05, 3.63) is 52.5 Å². The maximum Gasteiger partial charge on any atom is 0.0571 e. The topological polar surface area (TPSA) is 38.9 Å². The summed E-state index contributed by atoms with van der Waals surface area (Å²) in [6, 6.07) is 8.07. The number of nitrogens with zero attached hydrogens (tertiary/aromatic N) is 1. The molecular formula is C12H14N2S. The summed E-state index contributed by atoms with van der Waals surface area (Å²) in [5, 5.41) is 4.27. The van der Waals surface area contributed by atoms with Crippen LogP contribution in [0.4, 0.5) is 0 Å². The molecule has 0 spiro atoms. The zero-order valence-corrected chi connectivity index (χ0v) is 9.28. The molecule has 0 amide bonds. The Morgan fingerprint density at radius 2 is 2.27 bits per heavy atom. The molecule has 0 saturated heterocycles. The first kappa shape index (κ1) is 10.3. The van der Waals surface area contributed by atoms with Crippen LogP contribution in [0.5, 0.6) is 0 Å². The molecule has 1 unspecified atom stereocenters. The molecule has 2 heterocycles. The predicted octanol–water partition coefficient (Wildman–Crippen LogP) is 2.78. The third-order valence-corrected chi connectivity index (χ3v) is 3.12. The molecule has 2 N–H and O–H groups in total. The Bertz CT molecular complexity index is 383. The van der Waals surface area contributed by atoms with E-state index in [-0.39, 0.29) is 6.04 Å². The Hall–Kier alpha value is -1.19. The maximum absolute atomic E-state index is 6.05. The Morgan fingerprint density at radius 1 is 1.33 bits per heavy atom. The van der Waals surface area contributed by atoms with E-state index in [0.717, 1.165) is 18.5 Å². The first-order valence-electron chi connectivity index (χ1n) is 5.04. The van der Waals surface area contributed by atoms with Crippen molar-refractivity contribution in [3.8, 4) is 0 Å². The minimum atomic E-state index is 0.0473. The fourth-order valence-electron chi connectivity index (χ4n) is 1.50. The minimum absolute atomic E-state index is 0.0473. The average Bonchev–Trinajstić information content (AvgIpc) is 2.80. The number of nitrogens with two attached hydrogens (primary N) is 1. The van der Waals surface area contributed by atoms with Gasteiger partial charge in [0.15, 0.2) is 0 Å². The summed E-state index contributed by atoms with van der Waals surface area (Å²) in [4.78, 5) is 4.26. The van der Waals surface area contributed by atoms with E-state index in [9.17, 15) is 0 Å². The van der Waals surface area contributed by atoms with E-state index in [2.05, 4.69) is 21.8 Å². The second kappa shape index (κ2) is 5.05. The molecule has 2 aromatic rings. The van der Waals surface area contributed by atoms with Gasteiger partial charge in [-0.15, -0.1) is 0 Å². The molecule has 2 nitrogen and oxygen atoms in total. The summed E-state index contributed by atoms with van der Waals surface area (Å²) < 4.78 is 0. The molecule has 78 valence electrons. The lowest BCUT2D eigenvalue weighted by Crippen LogP contribution is -2.12. The lowest BCUT2D eigenvalue weighted by atomic mass is 10.1. The minimum Gasteiger partial charge on any atom is -0.323 e. The molecule has 0 bridgehead atoms. The highest BCUT2D eigenvalue weighted by Gasteiger charge is 2.06. The van der Waals surface area contributed by atoms with Crippen molar-refractivity contribution < 1.29 is 0 Å². The summed E-state index contributed by atoms with van der Waals surface area (Å²) in [6.07, 6.45) is 3.77. The largest absolute Gasteiger partial charge is 0.323 e. The van der Waals surface area contributed by atoms with E-state index < -0.39 is 0 Å². The predicted molar refractivity (Wildman–Crippen MR) is 63.8 cm³/mol. The molecule has 1 atom stereocenters. The van der Waals surface area contributed by atoms with E-state index in [1.54, 1.807) is 17.5 Å². The molecule has 0 radical (unpaired) electrons. The fraction of sp³-hybridized carbons (Fsp3) is 0.250. The average molecular weight is 218 g/mol. The van der Waals surface area contributed by atoms with Crippen LogP contribution in [0, 0.1) is 0 Å². The van der Waals surface area contributed by atoms with E-state index >= 15 is 0 Å². The van der Waals surface area contributed by atoms with Crippen molar-refractivity contribution in [3.63, 3.8) is 0 Å². The quantitative estimate of drug-likeness (QED) is 0.857. The van der Waals surface area contributed by atoms with Gasteiger partial charge >= 0.3 is 0 Å². The van der Waals surface area contributed by atoms with E-state index in [4.69, 9.17) is 5.73 Å². The van der Waals surface area contributed by atoms with Gasteiger partial charge in [0.2, 0.25) is 0 Å². The van der Waals surface area contributed by atoms with Gasteiger partial charge in [0.1, 0.15) is 0 Å². The fourth-order valence-corrected chi connectivity index (χ4v) is 2.20. The normalized spacial score (nSPS) is 12.6. The first-order chi connectivity index (χ1) is 7.36. The van der Waals surface area contributed by atoms with E-state index in [0.29, 0.717) is 0 Å². The van der Waals surface area contributed by atoms with Gasteiger partial charge in [-0.05, 0) is 47.4 Å². The smallest absolute Gasteiger partial charge is 0.0571 e. The van der Waals surface area contributed by atoms with Gasteiger partial charge in [0.05, 0.1) is 5.69 Å². The molecule has 0 aliphatic heterocycles. The number of aryl methyl sites for hydroxylation is 1. The van der Waals surface area contributed by atoms with Gasteiger partial charge in [-0.2, -0.15) is 11.3 Å². The van der Waals surface area contributed by atoms with Crippen molar-refractivity contribution in [1.29, 1.82) is 0 Å². The van der Waals surface area contributed by atoms with Crippen LogP contribution in [0.2, 0.25) is 0 Å². The monoisotopic (exact) mass is 218 g/mol. The highest BCUT2D eigenvalue weighted by Crippen LogP contribution is 2.15. The molecule has 15 heavy (non-hydrogen) atoms. The zero-order valence-electron chi connectivity index (χ0n) is 8.47. The molecule has 0 saturated carbocycles. The third-order valence-electron chi connectivity index (χ3n) is 2.39. The molecule has 0 fully saturated rings. The number of pyridine rings is 1. The molecule has 0 aliphatic carbocycles. The van der Waals surface area contributed by atoms with Crippen LogP contribution < -0.4 is 5.73 Å². The summed E-state index contributed by atoms with van der Waals surface area (Å²) >= 11 is 1.73. The molecule has 3 heteroatoms. The Balaban J connectivity index is 1.90. The second-order valence-electron chi connectivity index (χ2n) is 3.53. The van der Waals surface area contributed by atoms with Crippen LogP contribution in [0.1, 0.15) is 23.7 Å².